The van der Waals surface area contributed by atoms with E-state index in [0.29, 0.717) is 11.6 Å². The molecular formula is C13H9ClF2O. The molecule has 88 valence electrons. The van der Waals surface area contributed by atoms with E-state index in [1.165, 1.54) is 0 Å². The van der Waals surface area contributed by atoms with Gasteiger partial charge in [-0.1, -0.05) is 12.1 Å². The van der Waals surface area contributed by atoms with Crippen LogP contribution in [0.5, 0.6) is 11.5 Å². The highest BCUT2D eigenvalue weighted by molar-refractivity contribution is 6.17. The molecule has 0 bridgehead atoms. The Labute approximate surface area is 103 Å². The number of alkyl halides is 1. The maximum Gasteiger partial charge on any atom is 0.133 e. The van der Waals surface area contributed by atoms with Gasteiger partial charge in [-0.15, -0.1) is 11.6 Å². The van der Waals surface area contributed by atoms with Gasteiger partial charge in [0.1, 0.15) is 23.1 Å². The Hall–Kier alpha value is -1.61. The van der Waals surface area contributed by atoms with Gasteiger partial charge in [0.25, 0.3) is 0 Å². The van der Waals surface area contributed by atoms with Crippen LogP contribution in [0.15, 0.2) is 42.5 Å². The number of hydrogen-bond donors (Lipinski definition) is 0. The molecule has 0 radical (unpaired) electrons. The number of rotatable bonds is 3. The third-order valence-electron chi connectivity index (χ3n) is 2.15. The molecule has 1 nitrogen and oxygen atoms in total. The monoisotopic (exact) mass is 254 g/mol. The third-order valence-corrected chi connectivity index (χ3v) is 2.46. The average Bonchev–Trinajstić information content (AvgIpc) is 2.28. The van der Waals surface area contributed by atoms with Crippen LogP contribution in [0.4, 0.5) is 8.78 Å². The quantitative estimate of drug-likeness (QED) is 0.733. The molecule has 0 spiro atoms. The average molecular weight is 255 g/mol. The van der Waals surface area contributed by atoms with Crippen LogP contribution < -0.4 is 4.74 Å². The molecule has 0 amide bonds. The van der Waals surface area contributed by atoms with Crippen LogP contribution in [-0.2, 0) is 5.88 Å². The van der Waals surface area contributed by atoms with E-state index in [1.54, 1.807) is 24.3 Å². The first kappa shape index (κ1) is 11.9. The van der Waals surface area contributed by atoms with Crippen LogP contribution in [0.3, 0.4) is 0 Å². The molecule has 0 atom stereocenters. The van der Waals surface area contributed by atoms with Crippen LogP contribution in [-0.4, -0.2) is 0 Å². The zero-order chi connectivity index (χ0) is 12.3. The first-order valence-corrected chi connectivity index (χ1v) is 5.49. The lowest BCUT2D eigenvalue weighted by atomic mass is 10.2. The molecule has 0 fully saturated rings. The zero-order valence-corrected chi connectivity index (χ0v) is 9.55. The Kier molecular flexibility index (Phi) is 3.59. The van der Waals surface area contributed by atoms with Crippen molar-refractivity contribution in [3.05, 3.63) is 59.7 Å². The highest BCUT2D eigenvalue weighted by atomic mass is 35.5. The van der Waals surface area contributed by atoms with Gasteiger partial charge in [-0.25, -0.2) is 8.78 Å². The van der Waals surface area contributed by atoms with Gasteiger partial charge < -0.3 is 4.74 Å². The summed E-state index contributed by atoms with van der Waals surface area (Å²) in [5.41, 5.74) is 0.949. The molecule has 2 aromatic rings. The second-order valence-corrected chi connectivity index (χ2v) is 3.75. The maximum atomic E-state index is 12.9. The standard InChI is InChI=1S/C13H9ClF2O/c14-8-9-1-3-12(4-2-9)17-13-6-10(15)5-11(16)7-13/h1-7H,8H2. The molecule has 0 aliphatic heterocycles. The minimum absolute atomic E-state index is 0.126. The fourth-order valence-corrected chi connectivity index (χ4v) is 1.55. The Bertz CT molecular complexity index is 491. The van der Waals surface area contributed by atoms with Crippen molar-refractivity contribution in [3.8, 4) is 11.5 Å². The summed E-state index contributed by atoms with van der Waals surface area (Å²) in [6.07, 6.45) is 0. The van der Waals surface area contributed by atoms with Gasteiger partial charge >= 0.3 is 0 Å². The minimum atomic E-state index is -0.669. The van der Waals surface area contributed by atoms with Crippen molar-refractivity contribution < 1.29 is 13.5 Å². The lowest BCUT2D eigenvalue weighted by molar-refractivity contribution is 0.468. The molecule has 0 N–H and O–H groups in total. The lowest BCUT2D eigenvalue weighted by Crippen LogP contribution is -1.88. The molecule has 0 aliphatic carbocycles. The molecule has 4 heteroatoms. The Morgan fingerprint density at radius 2 is 1.47 bits per heavy atom. The Balaban J connectivity index is 2.19. The Morgan fingerprint density at radius 3 is 2.00 bits per heavy atom. The fourth-order valence-electron chi connectivity index (χ4n) is 1.37. The second kappa shape index (κ2) is 5.15. The third kappa shape index (κ3) is 3.17. The van der Waals surface area contributed by atoms with Crippen molar-refractivity contribution in [1.82, 2.24) is 0 Å². The van der Waals surface area contributed by atoms with E-state index in [1.807, 2.05) is 0 Å². The summed E-state index contributed by atoms with van der Waals surface area (Å²) in [5, 5.41) is 0. The van der Waals surface area contributed by atoms with E-state index < -0.39 is 11.6 Å². The van der Waals surface area contributed by atoms with Gasteiger partial charge in [-0.3, -0.25) is 0 Å². The molecule has 0 aromatic heterocycles. The summed E-state index contributed by atoms with van der Waals surface area (Å²) in [5.74, 6) is -0.297. The first-order chi connectivity index (χ1) is 8.17. The summed E-state index contributed by atoms with van der Waals surface area (Å²) in [7, 11) is 0. The summed E-state index contributed by atoms with van der Waals surface area (Å²) < 4.78 is 31.1. The van der Waals surface area contributed by atoms with Crippen LogP contribution in [0.2, 0.25) is 0 Å². The van der Waals surface area contributed by atoms with Crippen LogP contribution >= 0.6 is 11.6 Å². The Morgan fingerprint density at radius 1 is 0.882 bits per heavy atom. The summed E-state index contributed by atoms with van der Waals surface area (Å²) >= 11 is 5.64. The number of benzene rings is 2. The molecule has 2 rings (SSSR count). The molecule has 0 saturated carbocycles. The van der Waals surface area contributed by atoms with Crippen molar-refractivity contribution in [3.63, 3.8) is 0 Å². The van der Waals surface area contributed by atoms with Crippen LogP contribution in [0.1, 0.15) is 5.56 Å². The van der Waals surface area contributed by atoms with Gasteiger partial charge in [0.2, 0.25) is 0 Å². The summed E-state index contributed by atoms with van der Waals surface area (Å²) in [4.78, 5) is 0. The molecule has 17 heavy (non-hydrogen) atoms. The number of ether oxygens (including phenoxy) is 1. The number of halogens is 3. The van der Waals surface area contributed by atoms with Crippen LogP contribution in [0.25, 0.3) is 0 Å². The molecular weight excluding hydrogens is 246 g/mol. The summed E-state index contributed by atoms with van der Waals surface area (Å²) in [6.45, 7) is 0. The largest absolute Gasteiger partial charge is 0.457 e. The lowest BCUT2D eigenvalue weighted by Gasteiger charge is -2.06. The predicted octanol–water partition coefficient (Wildman–Crippen LogP) is 4.50. The van der Waals surface area contributed by atoms with Gasteiger partial charge in [0.05, 0.1) is 0 Å². The zero-order valence-electron chi connectivity index (χ0n) is 8.79. The van der Waals surface area contributed by atoms with Crippen LogP contribution in [0, 0.1) is 11.6 Å². The molecule has 0 aliphatic rings. The molecule has 0 saturated heterocycles. The highest BCUT2D eigenvalue weighted by Crippen LogP contribution is 2.23. The van der Waals surface area contributed by atoms with E-state index in [9.17, 15) is 8.78 Å². The predicted molar refractivity (Wildman–Crippen MR) is 62.4 cm³/mol. The highest BCUT2D eigenvalue weighted by Gasteiger charge is 2.03. The van der Waals surface area contributed by atoms with Crippen molar-refractivity contribution in [2.24, 2.45) is 0 Å². The van der Waals surface area contributed by atoms with Crippen molar-refractivity contribution in [2.75, 3.05) is 0 Å². The van der Waals surface area contributed by atoms with E-state index in [4.69, 9.17) is 16.3 Å². The van der Waals surface area contributed by atoms with Gasteiger partial charge in [-0.05, 0) is 17.7 Å². The SMILES string of the molecule is Fc1cc(F)cc(Oc2ccc(CCl)cc2)c1. The smallest absolute Gasteiger partial charge is 0.133 e. The van der Waals surface area contributed by atoms with E-state index in [-0.39, 0.29) is 5.75 Å². The normalized spacial score (nSPS) is 10.3. The van der Waals surface area contributed by atoms with Gasteiger partial charge in [0, 0.05) is 24.1 Å². The maximum absolute atomic E-state index is 12.9. The first-order valence-electron chi connectivity index (χ1n) is 4.96. The molecule has 0 heterocycles. The summed E-state index contributed by atoms with van der Waals surface area (Å²) in [6, 6.07) is 10.0. The topological polar surface area (TPSA) is 9.23 Å². The van der Waals surface area contributed by atoms with E-state index >= 15 is 0 Å². The minimum Gasteiger partial charge on any atom is -0.457 e. The van der Waals surface area contributed by atoms with Crippen molar-refractivity contribution in [2.45, 2.75) is 5.88 Å². The molecule has 2 aromatic carbocycles. The van der Waals surface area contributed by atoms with Gasteiger partial charge in [-0.2, -0.15) is 0 Å². The van der Waals surface area contributed by atoms with E-state index in [0.717, 1.165) is 23.8 Å². The van der Waals surface area contributed by atoms with Crippen molar-refractivity contribution >= 4 is 11.6 Å². The van der Waals surface area contributed by atoms with E-state index in [2.05, 4.69) is 0 Å². The van der Waals surface area contributed by atoms with Crippen molar-refractivity contribution in [1.29, 1.82) is 0 Å². The molecule has 0 unspecified atom stereocenters. The second-order valence-electron chi connectivity index (χ2n) is 3.48. The number of hydrogen-bond acceptors (Lipinski definition) is 1. The fraction of sp³-hybridized carbons (Fsp3) is 0.0769. The van der Waals surface area contributed by atoms with Gasteiger partial charge in [0.15, 0.2) is 0 Å².